The zero-order valence-corrected chi connectivity index (χ0v) is 17.8. The molecule has 2 aromatic rings. The molecule has 2 N–H and O–H groups in total. The van der Waals surface area contributed by atoms with E-state index in [9.17, 15) is 9.18 Å². The zero-order chi connectivity index (χ0) is 21.4. The number of nitrogens with zero attached hydrogens (tertiary/aromatic N) is 2. The highest BCUT2D eigenvalue weighted by atomic mass is 19.1. The van der Waals surface area contributed by atoms with Crippen LogP contribution in [0.2, 0.25) is 0 Å². The monoisotopic (exact) mass is 424 g/mol. The first-order chi connectivity index (χ1) is 15.1. The Balaban J connectivity index is 1.39. The van der Waals surface area contributed by atoms with Gasteiger partial charge in [-0.15, -0.1) is 0 Å². The number of nitrogens with one attached hydrogen (secondary N) is 2. The number of pyridine rings is 1. The molecule has 6 nitrogen and oxygen atoms in total. The number of benzene rings is 1. The molecule has 1 aliphatic carbocycles. The summed E-state index contributed by atoms with van der Waals surface area (Å²) in [7, 11) is 1.96. The first-order valence-electron chi connectivity index (χ1n) is 11.2. The third-order valence-electron chi connectivity index (χ3n) is 6.28. The molecule has 0 bridgehead atoms. The van der Waals surface area contributed by atoms with E-state index in [4.69, 9.17) is 9.72 Å². The summed E-state index contributed by atoms with van der Waals surface area (Å²) in [5.74, 6) is 0.340. The molecule has 31 heavy (non-hydrogen) atoms. The number of aromatic nitrogens is 1. The fourth-order valence-corrected chi connectivity index (χ4v) is 4.23. The number of halogens is 1. The summed E-state index contributed by atoms with van der Waals surface area (Å²) in [6, 6.07) is 7.88. The zero-order valence-electron chi connectivity index (χ0n) is 17.8. The maximum absolute atomic E-state index is 14.6. The lowest BCUT2D eigenvalue weighted by Gasteiger charge is -2.33. The van der Waals surface area contributed by atoms with Crippen molar-refractivity contribution in [1.82, 2.24) is 15.2 Å². The average molecular weight is 425 g/mol. The summed E-state index contributed by atoms with van der Waals surface area (Å²) in [6.07, 6.45) is 5.73. The maximum Gasteiger partial charge on any atom is 0.223 e. The van der Waals surface area contributed by atoms with E-state index in [1.165, 1.54) is 0 Å². The Hall–Kier alpha value is -2.51. The molecule has 2 saturated heterocycles. The van der Waals surface area contributed by atoms with Crippen molar-refractivity contribution in [3.63, 3.8) is 0 Å². The van der Waals surface area contributed by atoms with E-state index in [0.717, 1.165) is 53.7 Å². The molecule has 3 aliphatic rings. The highest BCUT2D eigenvalue weighted by Crippen LogP contribution is 2.37. The van der Waals surface area contributed by atoms with Crippen LogP contribution < -0.4 is 10.6 Å². The number of ether oxygens (including phenoxy) is 1. The van der Waals surface area contributed by atoms with Crippen LogP contribution in [0.5, 0.6) is 0 Å². The molecular weight excluding hydrogens is 395 g/mol. The molecule has 1 unspecified atom stereocenters. The second-order valence-electron chi connectivity index (χ2n) is 8.89. The van der Waals surface area contributed by atoms with Crippen LogP contribution in [0.25, 0.3) is 16.8 Å². The number of carbonyl (C=O) groups excluding carboxylic acids is 1. The van der Waals surface area contributed by atoms with Crippen LogP contribution in [-0.2, 0) is 9.53 Å². The summed E-state index contributed by atoms with van der Waals surface area (Å²) in [4.78, 5) is 18.6. The molecule has 1 aromatic heterocycles. The SMILES string of the molecule is CN1CC[C@@H](Nc2cccc3c(C4CO4)nc(/C=C/CNC(=O)C4CC4)cc23)[C@@H](F)C1. The number of rotatable bonds is 7. The average Bonchev–Trinajstić information content (AvgIpc) is 3.65. The Bertz CT molecular complexity index is 1000. The lowest BCUT2D eigenvalue weighted by Crippen LogP contribution is -2.46. The summed E-state index contributed by atoms with van der Waals surface area (Å²) in [6.45, 7) is 2.49. The maximum atomic E-state index is 14.6. The summed E-state index contributed by atoms with van der Waals surface area (Å²) < 4.78 is 20.2. The van der Waals surface area contributed by atoms with Gasteiger partial charge in [0, 0.05) is 42.0 Å². The molecule has 1 saturated carbocycles. The van der Waals surface area contributed by atoms with Gasteiger partial charge in [-0.2, -0.15) is 0 Å². The number of likely N-dealkylation sites (tertiary alicyclic amines) is 1. The molecule has 0 radical (unpaired) electrons. The number of amides is 1. The number of epoxide rings is 1. The van der Waals surface area contributed by atoms with Gasteiger partial charge in [0.25, 0.3) is 0 Å². The third-order valence-corrected chi connectivity index (χ3v) is 6.28. The fourth-order valence-electron chi connectivity index (χ4n) is 4.23. The first kappa shape index (κ1) is 20.4. The Morgan fingerprint density at radius 3 is 2.90 bits per heavy atom. The van der Waals surface area contributed by atoms with Crippen molar-refractivity contribution in [3.05, 3.63) is 41.7 Å². The Kier molecular flexibility index (Phi) is 5.63. The van der Waals surface area contributed by atoms with Crippen molar-refractivity contribution in [2.75, 3.05) is 38.6 Å². The van der Waals surface area contributed by atoms with Gasteiger partial charge in [-0.1, -0.05) is 18.2 Å². The predicted octanol–water partition coefficient (Wildman–Crippen LogP) is 3.30. The number of piperidine rings is 1. The molecule has 7 heteroatoms. The van der Waals surface area contributed by atoms with Gasteiger partial charge in [0.05, 0.1) is 24.0 Å². The van der Waals surface area contributed by atoms with E-state index >= 15 is 0 Å². The molecule has 3 fully saturated rings. The van der Waals surface area contributed by atoms with E-state index in [1.807, 2.05) is 42.3 Å². The fraction of sp³-hybridized carbons (Fsp3) is 0.500. The molecule has 3 atom stereocenters. The van der Waals surface area contributed by atoms with Crippen molar-refractivity contribution in [3.8, 4) is 0 Å². The minimum absolute atomic E-state index is 0.0120. The van der Waals surface area contributed by atoms with Crippen molar-refractivity contribution in [1.29, 1.82) is 0 Å². The second kappa shape index (κ2) is 8.55. The highest BCUT2D eigenvalue weighted by molar-refractivity contribution is 5.96. The topological polar surface area (TPSA) is 69.8 Å². The lowest BCUT2D eigenvalue weighted by molar-refractivity contribution is -0.122. The predicted molar refractivity (Wildman–Crippen MR) is 120 cm³/mol. The normalized spacial score (nSPS) is 26.3. The van der Waals surface area contributed by atoms with Gasteiger partial charge in [-0.05, 0) is 44.5 Å². The second-order valence-corrected chi connectivity index (χ2v) is 8.89. The first-order valence-corrected chi connectivity index (χ1v) is 11.2. The van der Waals surface area contributed by atoms with Gasteiger partial charge in [0.2, 0.25) is 5.91 Å². The van der Waals surface area contributed by atoms with Crippen molar-refractivity contribution < 1.29 is 13.9 Å². The summed E-state index contributed by atoms with van der Waals surface area (Å²) in [5, 5.41) is 8.46. The third kappa shape index (κ3) is 4.72. The van der Waals surface area contributed by atoms with Crippen molar-refractivity contribution in [2.45, 2.75) is 37.6 Å². The number of anilines is 1. The van der Waals surface area contributed by atoms with E-state index < -0.39 is 6.17 Å². The van der Waals surface area contributed by atoms with Crippen LogP contribution in [-0.4, -0.2) is 61.3 Å². The summed E-state index contributed by atoms with van der Waals surface area (Å²) in [5.41, 5.74) is 2.66. The largest absolute Gasteiger partial charge is 0.379 e. The molecule has 3 heterocycles. The minimum atomic E-state index is -0.906. The van der Waals surface area contributed by atoms with Gasteiger partial charge in [0.1, 0.15) is 12.3 Å². The van der Waals surface area contributed by atoms with Gasteiger partial charge >= 0.3 is 0 Å². The van der Waals surface area contributed by atoms with Crippen molar-refractivity contribution in [2.24, 2.45) is 5.92 Å². The molecular formula is C24H29FN4O2. The van der Waals surface area contributed by atoms with E-state index in [1.54, 1.807) is 0 Å². The van der Waals surface area contributed by atoms with E-state index in [-0.39, 0.29) is 24.0 Å². The van der Waals surface area contributed by atoms with Crippen LogP contribution in [0, 0.1) is 5.92 Å². The molecule has 1 amide bonds. The van der Waals surface area contributed by atoms with Crippen molar-refractivity contribution >= 4 is 28.4 Å². The lowest BCUT2D eigenvalue weighted by atomic mass is 10.0. The van der Waals surface area contributed by atoms with Crippen LogP contribution in [0.1, 0.15) is 36.8 Å². The van der Waals surface area contributed by atoms with Gasteiger partial charge in [-0.3, -0.25) is 4.79 Å². The number of carbonyl (C=O) groups is 1. The minimum Gasteiger partial charge on any atom is -0.379 e. The number of alkyl halides is 1. The number of hydrogen-bond acceptors (Lipinski definition) is 5. The van der Waals surface area contributed by atoms with Crippen LogP contribution >= 0.6 is 0 Å². The van der Waals surface area contributed by atoms with Gasteiger partial charge < -0.3 is 20.3 Å². The highest BCUT2D eigenvalue weighted by Gasteiger charge is 2.31. The Morgan fingerprint density at radius 2 is 2.16 bits per heavy atom. The molecule has 2 aliphatic heterocycles. The Labute approximate surface area is 181 Å². The summed E-state index contributed by atoms with van der Waals surface area (Å²) >= 11 is 0. The van der Waals surface area contributed by atoms with Crippen LogP contribution in [0.3, 0.4) is 0 Å². The molecule has 0 spiro atoms. The smallest absolute Gasteiger partial charge is 0.223 e. The van der Waals surface area contributed by atoms with Gasteiger partial charge in [0.15, 0.2) is 0 Å². The number of fused-ring (bicyclic) bond motifs is 1. The quantitative estimate of drug-likeness (QED) is 0.668. The van der Waals surface area contributed by atoms with E-state index in [2.05, 4.69) is 16.7 Å². The number of hydrogen-bond donors (Lipinski definition) is 2. The molecule has 5 rings (SSSR count). The Morgan fingerprint density at radius 1 is 1.32 bits per heavy atom. The molecule has 164 valence electrons. The van der Waals surface area contributed by atoms with E-state index in [0.29, 0.717) is 19.7 Å². The van der Waals surface area contributed by atoms with Gasteiger partial charge in [-0.25, -0.2) is 9.37 Å². The molecule has 1 aromatic carbocycles. The standard InChI is InChI=1S/C24H29FN4O2/c1-29-11-9-21(19(25)13-29)28-20-6-2-5-17-18(20)12-16(27-23(17)22-14-31-22)4-3-10-26-24(30)15-7-8-15/h2-6,12,15,19,21-22,28H,7-11,13-14H2,1H3,(H,26,30)/b4-3+/t19-,21+,22?/m0/s1. The van der Waals surface area contributed by atoms with Crippen LogP contribution in [0.15, 0.2) is 30.3 Å². The van der Waals surface area contributed by atoms with Crippen LogP contribution in [0.4, 0.5) is 10.1 Å².